The molecule has 0 N–H and O–H groups in total. The first-order valence-corrected chi connectivity index (χ1v) is 46.5. The molecule has 22 aromatic carbocycles. The van der Waals surface area contributed by atoms with Gasteiger partial charge in [-0.1, -0.05) is 400 Å². The third kappa shape index (κ3) is 11.5. The Labute approximate surface area is 776 Å². The Morgan fingerprint density at radius 3 is 0.955 bits per heavy atom. The highest BCUT2D eigenvalue weighted by molar-refractivity contribution is 6.22. The largest absolute Gasteiger partial charge is 0.309 e. The zero-order valence-corrected chi connectivity index (χ0v) is 73.3. The molecule has 0 saturated carbocycles. The second-order valence-electron chi connectivity index (χ2n) is 36.0. The smallest absolute Gasteiger partial charge is 0.0720 e. The quantitative estimate of drug-likeness (QED) is 0.116. The summed E-state index contributed by atoms with van der Waals surface area (Å²) in [4.78, 5) is 0. The molecule has 134 heavy (non-hydrogen) atoms. The van der Waals surface area contributed by atoms with Crippen molar-refractivity contribution >= 4 is 109 Å². The van der Waals surface area contributed by atoms with Crippen LogP contribution in [0.1, 0.15) is 44.5 Å². The molecule has 4 nitrogen and oxygen atoms in total. The lowest BCUT2D eigenvalue weighted by Crippen LogP contribution is -2.28. The first-order valence-electron chi connectivity index (χ1n) is 46.5. The van der Waals surface area contributed by atoms with Crippen LogP contribution < -0.4 is 0 Å². The molecule has 4 heteroatoms. The molecule has 0 saturated heterocycles. The molecule has 4 aromatic heterocycles. The van der Waals surface area contributed by atoms with Gasteiger partial charge in [0, 0.05) is 65.2 Å². The van der Waals surface area contributed by atoms with Gasteiger partial charge in [-0.25, -0.2) is 0 Å². The van der Waals surface area contributed by atoms with Crippen molar-refractivity contribution in [3.8, 4) is 89.5 Å². The van der Waals surface area contributed by atoms with Crippen molar-refractivity contribution in [1.29, 1.82) is 0 Å². The number of para-hydroxylation sites is 2. The van der Waals surface area contributed by atoms with Crippen LogP contribution in [0, 0.1) is 0 Å². The summed E-state index contributed by atoms with van der Waals surface area (Å²) in [5.74, 6) is 0. The maximum absolute atomic E-state index is 2.53. The van der Waals surface area contributed by atoms with Crippen LogP contribution in [0.2, 0.25) is 0 Å². The van der Waals surface area contributed by atoms with E-state index in [-0.39, 0.29) is 0 Å². The Balaban J connectivity index is 0.000000136. The number of hydrogen-bond donors (Lipinski definition) is 0. The molecule has 0 spiro atoms. The molecule has 0 bridgehead atoms. The standard InChI is InChI=1S/2C65H42N2/c1-4-18-43(19-5-1)45-22-16-27-50(40-45)66-59-32-15-13-29-52(59)54-41-46(34-37-60(54)66)47-35-38-61-55(42-47)64-62(67(61)58-33-17-21-44-20-10-11-28-51(44)58)39-36-57-63(64)53-30-12-14-31-56(53)65(57,48-23-6-2-7-24-48)49-25-8-3-9-26-49;1-4-18-43(19-5-1)45-22-16-27-50(40-45)66-59-32-15-13-30-53(59)55-41-46(34-37-60(55)66)47-35-38-61-56(42-47)63-62(67(61)58-33-17-21-44-20-10-11-28-51(44)58)39-36-54-52-29-12-14-31-57(52)65(64(54)63,48-23-6-2-7-24-48)49-25-8-3-9-26-49/h2*1-42H. The fourth-order valence-corrected chi connectivity index (χ4v) is 23.5. The Bertz CT molecular complexity index is 9140. The zero-order valence-electron chi connectivity index (χ0n) is 73.3. The predicted octanol–water partition coefficient (Wildman–Crippen LogP) is 33.5. The van der Waals surface area contributed by atoms with Crippen molar-refractivity contribution in [2.45, 2.75) is 10.8 Å². The van der Waals surface area contributed by atoms with Crippen molar-refractivity contribution in [1.82, 2.24) is 18.3 Å². The van der Waals surface area contributed by atoms with Crippen molar-refractivity contribution in [2.75, 3.05) is 0 Å². The van der Waals surface area contributed by atoms with E-state index in [2.05, 4.69) is 528 Å². The average molecular weight is 1700 g/mol. The molecule has 0 amide bonds. The zero-order chi connectivity index (χ0) is 88.1. The number of aromatic nitrogens is 4. The van der Waals surface area contributed by atoms with Gasteiger partial charge in [-0.05, 0) is 231 Å². The minimum absolute atomic E-state index is 0.506. The van der Waals surface area contributed by atoms with E-state index in [0.29, 0.717) is 0 Å². The van der Waals surface area contributed by atoms with Crippen molar-refractivity contribution < 1.29 is 0 Å². The lowest BCUT2D eigenvalue weighted by atomic mass is 9.67. The number of benzene rings is 22. The normalized spacial score (nSPS) is 12.9. The van der Waals surface area contributed by atoms with Gasteiger partial charge in [0.25, 0.3) is 0 Å². The molecule has 26 aromatic rings. The van der Waals surface area contributed by atoms with Crippen LogP contribution in [0.5, 0.6) is 0 Å². The third-order valence-corrected chi connectivity index (χ3v) is 29.1. The van der Waals surface area contributed by atoms with Crippen LogP contribution in [0.3, 0.4) is 0 Å². The summed E-state index contributed by atoms with van der Waals surface area (Å²) < 4.78 is 9.90. The Hall–Kier alpha value is -17.4. The van der Waals surface area contributed by atoms with Crippen LogP contribution >= 0.6 is 0 Å². The highest BCUT2D eigenvalue weighted by atomic mass is 15.0. The number of hydrogen-bond acceptors (Lipinski definition) is 0. The maximum Gasteiger partial charge on any atom is 0.0720 e. The fraction of sp³-hybridized carbons (Fsp3) is 0.0154. The lowest BCUT2D eigenvalue weighted by Gasteiger charge is -2.34. The Morgan fingerprint density at radius 2 is 0.478 bits per heavy atom. The second-order valence-corrected chi connectivity index (χ2v) is 36.0. The van der Waals surface area contributed by atoms with E-state index in [1.165, 1.54) is 231 Å². The van der Waals surface area contributed by atoms with Gasteiger partial charge in [-0.2, -0.15) is 0 Å². The molecular weight excluding hydrogens is 1620 g/mol. The van der Waals surface area contributed by atoms with Gasteiger partial charge in [0.15, 0.2) is 0 Å². The van der Waals surface area contributed by atoms with Gasteiger partial charge < -0.3 is 18.3 Å². The van der Waals surface area contributed by atoms with Crippen molar-refractivity contribution in [3.63, 3.8) is 0 Å². The van der Waals surface area contributed by atoms with E-state index in [9.17, 15) is 0 Å². The fourth-order valence-electron chi connectivity index (χ4n) is 23.5. The monoisotopic (exact) mass is 1700 g/mol. The van der Waals surface area contributed by atoms with Crippen LogP contribution in [0.25, 0.3) is 198 Å². The van der Waals surface area contributed by atoms with Gasteiger partial charge in [0.05, 0.1) is 66.3 Å². The van der Waals surface area contributed by atoms with E-state index in [4.69, 9.17) is 0 Å². The molecule has 0 aliphatic heterocycles. The molecule has 2 aliphatic carbocycles. The van der Waals surface area contributed by atoms with Crippen LogP contribution in [0.15, 0.2) is 510 Å². The Kier molecular flexibility index (Phi) is 17.5. The molecule has 4 heterocycles. The molecule has 0 radical (unpaired) electrons. The topological polar surface area (TPSA) is 19.7 Å². The Morgan fingerprint density at radius 1 is 0.157 bits per heavy atom. The predicted molar refractivity (Wildman–Crippen MR) is 562 cm³/mol. The van der Waals surface area contributed by atoms with Gasteiger partial charge in [0.2, 0.25) is 0 Å². The van der Waals surface area contributed by atoms with Crippen LogP contribution in [0.4, 0.5) is 0 Å². The van der Waals surface area contributed by atoms with Gasteiger partial charge in [0.1, 0.15) is 0 Å². The van der Waals surface area contributed by atoms with Gasteiger partial charge in [-0.15, -0.1) is 0 Å². The molecule has 0 atom stereocenters. The number of rotatable bonds is 12. The summed E-state index contributed by atoms with van der Waals surface area (Å²) >= 11 is 0. The number of fused-ring (bicyclic) bond motifs is 22. The van der Waals surface area contributed by atoms with Gasteiger partial charge in [-0.3, -0.25) is 0 Å². The first-order chi connectivity index (χ1) is 66.5. The minimum atomic E-state index is -0.569. The molecule has 28 rings (SSSR count). The highest BCUT2D eigenvalue weighted by Crippen LogP contribution is 2.62. The maximum atomic E-state index is 2.53. The van der Waals surface area contributed by atoms with E-state index < -0.39 is 10.8 Å². The number of nitrogens with zero attached hydrogens (tertiary/aromatic N) is 4. The van der Waals surface area contributed by atoms with Gasteiger partial charge >= 0.3 is 0 Å². The van der Waals surface area contributed by atoms with E-state index in [1.54, 1.807) is 0 Å². The summed E-state index contributed by atoms with van der Waals surface area (Å²) in [5.41, 5.74) is 38.2. The summed E-state index contributed by atoms with van der Waals surface area (Å²) in [6.45, 7) is 0. The molecule has 2 aliphatic rings. The summed E-state index contributed by atoms with van der Waals surface area (Å²) in [7, 11) is 0. The summed E-state index contributed by atoms with van der Waals surface area (Å²) in [6.07, 6.45) is 0. The summed E-state index contributed by atoms with van der Waals surface area (Å²) in [5, 5.41) is 14.9. The SMILES string of the molecule is c1ccc(-c2cccc(-n3c4ccccc4c4cc(-c5ccc6c(c5)c5c7c(ccc5n6-c5cccc6ccccc56)-c5ccccc5C7(c5ccccc5)c5ccccc5)ccc43)c2)cc1.c1ccc(-c2cccc(-n3c4ccccc4c4cc(-c5ccc6c(c5)c5c7c(ccc5n6-c5cccc6ccccc56)C(c5ccccc5)(c5ccccc5)c5ccccc5-7)ccc43)c2)cc1. The molecule has 0 unspecified atom stereocenters. The first kappa shape index (κ1) is 76.6. The molecular formula is C130H84N4. The molecule has 624 valence electrons. The van der Waals surface area contributed by atoms with Crippen molar-refractivity contribution in [2.24, 2.45) is 0 Å². The summed E-state index contributed by atoms with van der Waals surface area (Å²) in [6, 6.07) is 189. The molecule has 0 fully saturated rings. The lowest BCUT2D eigenvalue weighted by molar-refractivity contribution is 0.769. The van der Waals surface area contributed by atoms with Crippen LogP contribution in [-0.2, 0) is 10.8 Å². The third-order valence-electron chi connectivity index (χ3n) is 29.1. The second kappa shape index (κ2) is 30.6. The van der Waals surface area contributed by atoms with E-state index in [0.717, 1.165) is 11.4 Å². The highest BCUT2D eigenvalue weighted by Gasteiger charge is 2.50. The van der Waals surface area contributed by atoms with E-state index >= 15 is 0 Å². The minimum Gasteiger partial charge on any atom is -0.309 e. The average Bonchev–Trinajstić information content (AvgIpc) is 1.52. The van der Waals surface area contributed by atoms with E-state index in [1.807, 2.05) is 0 Å². The van der Waals surface area contributed by atoms with Crippen molar-refractivity contribution in [3.05, 3.63) is 554 Å². The van der Waals surface area contributed by atoms with Crippen LogP contribution in [-0.4, -0.2) is 18.3 Å².